The fourth-order valence-corrected chi connectivity index (χ4v) is 6.95. The smallest absolute Gasteiger partial charge is 0.235 e. The molecule has 0 unspecified atom stereocenters. The number of hydrogen-bond acceptors (Lipinski definition) is 3. The second kappa shape index (κ2) is 10.5. The summed E-state index contributed by atoms with van der Waals surface area (Å²) in [6, 6.07) is 52.4. The van der Waals surface area contributed by atoms with Gasteiger partial charge < -0.3 is 4.57 Å². The lowest BCUT2D eigenvalue weighted by Crippen LogP contribution is -2.04. The first kappa shape index (κ1) is 26.9. The molecule has 3 aromatic heterocycles. The number of rotatable bonds is 4. The zero-order chi connectivity index (χ0) is 31.5. The van der Waals surface area contributed by atoms with Crippen LogP contribution in [0.4, 0.5) is 0 Å². The van der Waals surface area contributed by atoms with E-state index in [0.29, 0.717) is 11.5 Å². The van der Waals surface area contributed by atoms with E-state index in [4.69, 9.17) is 9.97 Å². The van der Waals surface area contributed by atoms with Crippen molar-refractivity contribution in [3.05, 3.63) is 157 Å². The topological polar surface area (TPSA) is 59.4 Å². The van der Waals surface area contributed by atoms with Gasteiger partial charge in [0.15, 0.2) is 0 Å². The van der Waals surface area contributed by atoms with Gasteiger partial charge in [0.1, 0.15) is 0 Å². The molecule has 5 heteroatoms. The predicted octanol–water partition coefficient (Wildman–Crippen LogP) is 10.2. The van der Waals surface area contributed by atoms with Crippen LogP contribution in [0.25, 0.3) is 77.8 Å². The summed E-state index contributed by atoms with van der Waals surface area (Å²) in [5.74, 6) is 0.579. The van der Waals surface area contributed by atoms with Crippen molar-refractivity contribution < 1.29 is 0 Å². The van der Waals surface area contributed by atoms with Gasteiger partial charge in [-0.3, -0.25) is 4.57 Å². The predicted molar refractivity (Wildman–Crippen MR) is 191 cm³/mol. The molecule has 0 saturated carbocycles. The summed E-state index contributed by atoms with van der Waals surface area (Å²) in [7, 11) is 0. The van der Waals surface area contributed by atoms with Crippen LogP contribution in [0.1, 0.15) is 11.1 Å². The third-order valence-electron chi connectivity index (χ3n) is 9.00. The summed E-state index contributed by atoms with van der Waals surface area (Å²) in [5, 5.41) is 14.3. The molecule has 6 aromatic carbocycles. The Morgan fingerprint density at radius 2 is 1.21 bits per heavy atom. The van der Waals surface area contributed by atoms with Crippen LogP contribution in [0.15, 0.2) is 146 Å². The van der Waals surface area contributed by atoms with Crippen molar-refractivity contribution in [2.45, 2.75) is 6.92 Å². The highest BCUT2D eigenvalue weighted by atomic mass is 15.2. The Morgan fingerprint density at radius 3 is 2.00 bits per heavy atom. The highest BCUT2D eigenvalue weighted by Crippen LogP contribution is 2.42. The first-order valence-electron chi connectivity index (χ1n) is 15.7. The van der Waals surface area contributed by atoms with E-state index in [0.717, 1.165) is 66.4 Å². The molecule has 0 aliphatic heterocycles. The summed E-state index contributed by atoms with van der Waals surface area (Å²) < 4.78 is 4.59. The van der Waals surface area contributed by atoms with Crippen LogP contribution in [0.5, 0.6) is 0 Å². The van der Waals surface area contributed by atoms with Crippen LogP contribution in [-0.4, -0.2) is 19.1 Å². The molecule has 0 amide bonds. The number of nitrogens with zero attached hydrogens (tertiary/aromatic N) is 5. The van der Waals surface area contributed by atoms with E-state index in [1.54, 1.807) is 0 Å². The molecule has 0 radical (unpaired) electrons. The fraction of sp³-hybridized carbons (Fsp3) is 0.0238. The van der Waals surface area contributed by atoms with E-state index < -0.39 is 0 Å². The van der Waals surface area contributed by atoms with Crippen molar-refractivity contribution in [3.63, 3.8) is 0 Å². The summed E-state index contributed by atoms with van der Waals surface area (Å²) in [5.41, 5.74) is 10.7. The Hall–Kier alpha value is -6.51. The maximum atomic E-state index is 9.68. The molecule has 47 heavy (non-hydrogen) atoms. The minimum atomic E-state index is 0.579. The first-order valence-corrected chi connectivity index (χ1v) is 15.7. The lowest BCUT2D eigenvalue weighted by Gasteiger charge is -2.12. The van der Waals surface area contributed by atoms with Gasteiger partial charge in [-0.25, -0.2) is 9.97 Å². The summed E-state index contributed by atoms with van der Waals surface area (Å²) in [6.45, 7) is 2.13. The summed E-state index contributed by atoms with van der Waals surface area (Å²) >= 11 is 0. The zero-order valence-electron chi connectivity index (χ0n) is 25.6. The van der Waals surface area contributed by atoms with Crippen molar-refractivity contribution in [1.29, 1.82) is 5.26 Å². The van der Waals surface area contributed by atoms with Crippen molar-refractivity contribution in [2.75, 3.05) is 0 Å². The second-order valence-electron chi connectivity index (χ2n) is 11.9. The van der Waals surface area contributed by atoms with Crippen LogP contribution in [0.2, 0.25) is 0 Å². The van der Waals surface area contributed by atoms with Gasteiger partial charge in [0.25, 0.3) is 0 Å². The number of aryl methyl sites for hydroxylation is 1. The second-order valence-corrected chi connectivity index (χ2v) is 11.9. The Kier molecular flexibility index (Phi) is 6.02. The molecule has 220 valence electrons. The minimum absolute atomic E-state index is 0.579. The fourth-order valence-electron chi connectivity index (χ4n) is 6.95. The van der Waals surface area contributed by atoms with Crippen molar-refractivity contribution >= 4 is 43.6 Å². The number of hydrogen-bond donors (Lipinski definition) is 0. The lowest BCUT2D eigenvalue weighted by molar-refractivity contribution is 0.998. The normalized spacial score (nSPS) is 11.5. The maximum absolute atomic E-state index is 9.68. The van der Waals surface area contributed by atoms with E-state index in [-0.39, 0.29) is 0 Å². The number of benzene rings is 6. The molecule has 0 atom stereocenters. The average Bonchev–Trinajstić information content (AvgIpc) is 3.65. The zero-order valence-corrected chi connectivity index (χ0v) is 25.6. The third-order valence-corrected chi connectivity index (χ3v) is 9.00. The van der Waals surface area contributed by atoms with E-state index in [1.807, 2.05) is 48.5 Å². The largest absolute Gasteiger partial charge is 0.309 e. The SMILES string of the molecule is Cc1cccc(-n2c3ccccc3c3c2ccc2c4ccccc4n(-c4nc(-c5ccccc5)cc(-c5cccc(C#N)c5)n4)c23)c1. The van der Waals surface area contributed by atoms with Crippen molar-refractivity contribution in [3.8, 4) is 40.2 Å². The average molecular weight is 602 g/mol. The Morgan fingerprint density at radius 1 is 0.532 bits per heavy atom. The van der Waals surface area contributed by atoms with Gasteiger partial charge in [-0.2, -0.15) is 5.26 Å². The lowest BCUT2D eigenvalue weighted by atomic mass is 10.1. The number of fused-ring (bicyclic) bond motifs is 7. The Balaban J connectivity index is 1.44. The van der Waals surface area contributed by atoms with Gasteiger partial charge in [0, 0.05) is 38.4 Å². The molecule has 5 nitrogen and oxygen atoms in total. The molecule has 0 bridgehead atoms. The number of aromatic nitrogens is 4. The number of para-hydroxylation sites is 2. The molecule has 0 fully saturated rings. The number of nitriles is 1. The van der Waals surface area contributed by atoms with Gasteiger partial charge in [-0.05, 0) is 61.0 Å². The maximum Gasteiger partial charge on any atom is 0.235 e. The molecule has 3 heterocycles. The Bertz CT molecular complexity index is 2710. The van der Waals surface area contributed by atoms with Gasteiger partial charge in [-0.15, -0.1) is 0 Å². The highest BCUT2D eigenvalue weighted by Gasteiger charge is 2.22. The van der Waals surface area contributed by atoms with Gasteiger partial charge in [-0.1, -0.05) is 97.1 Å². The van der Waals surface area contributed by atoms with Crippen molar-refractivity contribution in [2.24, 2.45) is 0 Å². The molecular weight excluding hydrogens is 574 g/mol. The molecule has 0 aliphatic carbocycles. The molecule has 0 saturated heterocycles. The summed E-state index contributed by atoms with van der Waals surface area (Å²) in [4.78, 5) is 10.5. The Labute approximate surface area is 271 Å². The van der Waals surface area contributed by atoms with Gasteiger partial charge in [0.2, 0.25) is 5.95 Å². The molecule has 9 rings (SSSR count). The third kappa shape index (κ3) is 4.23. The first-order chi connectivity index (χ1) is 23.2. The highest BCUT2D eigenvalue weighted by molar-refractivity contribution is 6.26. The minimum Gasteiger partial charge on any atom is -0.309 e. The van der Waals surface area contributed by atoms with Crippen LogP contribution in [0, 0.1) is 18.3 Å². The van der Waals surface area contributed by atoms with E-state index in [1.165, 1.54) is 10.9 Å². The van der Waals surface area contributed by atoms with E-state index in [2.05, 4.69) is 119 Å². The van der Waals surface area contributed by atoms with Crippen molar-refractivity contribution in [1.82, 2.24) is 19.1 Å². The summed E-state index contributed by atoms with van der Waals surface area (Å²) in [6.07, 6.45) is 0. The quantitative estimate of drug-likeness (QED) is 0.202. The van der Waals surface area contributed by atoms with Crippen LogP contribution >= 0.6 is 0 Å². The van der Waals surface area contributed by atoms with Crippen LogP contribution in [-0.2, 0) is 0 Å². The van der Waals surface area contributed by atoms with E-state index in [9.17, 15) is 5.26 Å². The van der Waals surface area contributed by atoms with Gasteiger partial charge >= 0.3 is 0 Å². The molecule has 0 aliphatic rings. The molecule has 0 N–H and O–H groups in total. The van der Waals surface area contributed by atoms with Gasteiger partial charge in [0.05, 0.1) is 45.1 Å². The molecular formula is C42H27N5. The standard InChI is InChI=1S/C42H27N5/c1-27-11-9-16-31(23-27)46-38-20-8-6-18-34(38)40-39(46)22-21-33-32-17-5-7-19-37(32)47(41(33)40)42-44-35(29-13-3-2-4-14-29)25-36(45-42)30-15-10-12-28(24-30)26-43/h2-25H,1H3. The van der Waals surface area contributed by atoms with Crippen LogP contribution < -0.4 is 0 Å². The van der Waals surface area contributed by atoms with Crippen LogP contribution in [0.3, 0.4) is 0 Å². The monoisotopic (exact) mass is 601 g/mol. The van der Waals surface area contributed by atoms with E-state index >= 15 is 0 Å². The molecule has 0 spiro atoms. The molecule has 9 aromatic rings.